The number of benzene rings is 3. The van der Waals surface area contributed by atoms with E-state index in [2.05, 4.69) is 24.1 Å². The van der Waals surface area contributed by atoms with E-state index in [1.807, 2.05) is 37.3 Å². The van der Waals surface area contributed by atoms with Crippen LogP contribution >= 0.6 is 11.6 Å². The monoisotopic (exact) mass is 449 g/mol. The molecular formula is C24H20ClN3O4. The molecule has 0 aliphatic carbocycles. The standard InChI is InChI=1S/C24H20ClN3O4/c1-13(2)15-6-9-22-21(10-15)27-24(32-22)16-5-4-14(3)20(11-16)26-23(29)18-12-17(28(30)31)7-8-19(18)25/h4-13H,1-3H3,(H,26,29). The molecule has 4 rings (SSSR count). The average Bonchev–Trinajstić information content (AvgIpc) is 3.18. The maximum Gasteiger partial charge on any atom is 0.270 e. The molecule has 0 radical (unpaired) electrons. The Morgan fingerprint density at radius 1 is 1.12 bits per heavy atom. The van der Waals surface area contributed by atoms with Crippen LogP contribution < -0.4 is 5.32 Å². The summed E-state index contributed by atoms with van der Waals surface area (Å²) in [5.74, 6) is 0.268. The fraction of sp³-hybridized carbons (Fsp3) is 0.167. The lowest BCUT2D eigenvalue weighted by Crippen LogP contribution is -2.13. The van der Waals surface area contributed by atoms with Gasteiger partial charge in [0.2, 0.25) is 5.89 Å². The van der Waals surface area contributed by atoms with Crippen LogP contribution in [0.3, 0.4) is 0 Å². The number of aromatic nitrogens is 1. The Hall–Kier alpha value is -3.71. The predicted octanol–water partition coefficient (Wildman–Crippen LogP) is 6.74. The molecule has 0 unspecified atom stereocenters. The van der Waals surface area contributed by atoms with Gasteiger partial charge in [-0.3, -0.25) is 14.9 Å². The van der Waals surface area contributed by atoms with Crippen molar-refractivity contribution in [1.29, 1.82) is 0 Å². The Morgan fingerprint density at radius 2 is 1.91 bits per heavy atom. The average molecular weight is 450 g/mol. The second kappa shape index (κ2) is 8.43. The van der Waals surface area contributed by atoms with Crippen molar-refractivity contribution in [2.75, 3.05) is 5.32 Å². The summed E-state index contributed by atoms with van der Waals surface area (Å²) in [5, 5.41) is 14.0. The van der Waals surface area contributed by atoms with Gasteiger partial charge < -0.3 is 9.73 Å². The van der Waals surface area contributed by atoms with E-state index in [1.165, 1.54) is 17.7 Å². The van der Waals surface area contributed by atoms with E-state index < -0.39 is 10.8 Å². The number of nitrogens with zero attached hydrogens (tertiary/aromatic N) is 2. The predicted molar refractivity (Wildman–Crippen MR) is 124 cm³/mol. The molecule has 1 amide bonds. The minimum Gasteiger partial charge on any atom is -0.436 e. The van der Waals surface area contributed by atoms with E-state index in [4.69, 9.17) is 16.0 Å². The summed E-state index contributed by atoms with van der Waals surface area (Å²) < 4.78 is 5.91. The number of fused-ring (bicyclic) bond motifs is 1. The summed E-state index contributed by atoms with van der Waals surface area (Å²) >= 11 is 6.10. The van der Waals surface area contributed by atoms with Crippen LogP contribution in [0.1, 0.15) is 41.3 Å². The third kappa shape index (κ3) is 4.20. The Bertz CT molecular complexity index is 1360. The molecule has 1 aromatic heterocycles. The summed E-state index contributed by atoms with van der Waals surface area (Å²) in [6.07, 6.45) is 0. The van der Waals surface area contributed by atoms with Crippen LogP contribution in [0.25, 0.3) is 22.6 Å². The molecule has 0 aliphatic rings. The first-order valence-electron chi connectivity index (χ1n) is 9.99. The number of aryl methyl sites for hydroxylation is 1. The first-order valence-corrected chi connectivity index (χ1v) is 10.4. The molecule has 162 valence electrons. The lowest BCUT2D eigenvalue weighted by molar-refractivity contribution is -0.384. The van der Waals surface area contributed by atoms with Crippen LogP contribution in [0.4, 0.5) is 11.4 Å². The molecule has 4 aromatic rings. The number of nitro groups is 1. The SMILES string of the molecule is Cc1ccc(-c2nc3cc(C(C)C)ccc3o2)cc1NC(=O)c1cc([N+](=O)[O-])ccc1Cl. The number of hydrogen-bond acceptors (Lipinski definition) is 5. The highest BCUT2D eigenvalue weighted by Crippen LogP contribution is 2.30. The third-order valence-corrected chi connectivity index (χ3v) is 5.55. The van der Waals surface area contributed by atoms with Crippen molar-refractivity contribution >= 4 is 40.0 Å². The fourth-order valence-corrected chi connectivity index (χ4v) is 3.51. The van der Waals surface area contributed by atoms with E-state index in [1.54, 1.807) is 6.07 Å². The van der Waals surface area contributed by atoms with E-state index >= 15 is 0 Å². The van der Waals surface area contributed by atoms with E-state index in [0.29, 0.717) is 28.6 Å². The van der Waals surface area contributed by atoms with E-state index in [0.717, 1.165) is 17.1 Å². The van der Waals surface area contributed by atoms with Crippen molar-refractivity contribution in [1.82, 2.24) is 4.98 Å². The van der Waals surface area contributed by atoms with Gasteiger partial charge in [0.25, 0.3) is 11.6 Å². The summed E-state index contributed by atoms with van der Waals surface area (Å²) in [4.78, 5) is 27.9. The first kappa shape index (κ1) is 21.5. The van der Waals surface area contributed by atoms with Gasteiger partial charge in [-0.05, 0) is 54.3 Å². The number of rotatable bonds is 5. The number of hydrogen-bond donors (Lipinski definition) is 1. The molecule has 0 bridgehead atoms. The molecule has 0 saturated carbocycles. The maximum atomic E-state index is 12.8. The molecule has 1 heterocycles. The third-order valence-electron chi connectivity index (χ3n) is 5.22. The number of nitro benzene ring substituents is 1. The van der Waals surface area contributed by atoms with Gasteiger partial charge >= 0.3 is 0 Å². The van der Waals surface area contributed by atoms with Gasteiger partial charge in [-0.1, -0.05) is 37.6 Å². The van der Waals surface area contributed by atoms with Crippen molar-refractivity contribution in [3.05, 3.63) is 86.4 Å². The van der Waals surface area contributed by atoms with Crippen molar-refractivity contribution in [3.63, 3.8) is 0 Å². The molecule has 0 saturated heterocycles. The molecule has 0 spiro atoms. The Kier molecular flexibility index (Phi) is 5.67. The van der Waals surface area contributed by atoms with E-state index in [-0.39, 0.29) is 16.3 Å². The van der Waals surface area contributed by atoms with Crippen LogP contribution in [-0.2, 0) is 0 Å². The van der Waals surface area contributed by atoms with Crippen LogP contribution in [0.5, 0.6) is 0 Å². The van der Waals surface area contributed by atoms with Crippen LogP contribution in [0.15, 0.2) is 59.0 Å². The molecule has 7 nitrogen and oxygen atoms in total. The molecule has 0 aliphatic heterocycles. The number of amides is 1. The van der Waals surface area contributed by atoms with Gasteiger partial charge in [0.05, 0.1) is 15.5 Å². The molecular weight excluding hydrogens is 430 g/mol. The van der Waals surface area contributed by atoms with Gasteiger partial charge in [0, 0.05) is 23.4 Å². The molecule has 1 N–H and O–H groups in total. The Balaban J connectivity index is 1.66. The second-order valence-corrected chi connectivity index (χ2v) is 8.21. The Morgan fingerprint density at radius 3 is 2.62 bits per heavy atom. The number of carbonyl (C=O) groups is 1. The van der Waals surface area contributed by atoms with Gasteiger partial charge in [-0.25, -0.2) is 4.98 Å². The highest BCUT2D eigenvalue weighted by molar-refractivity contribution is 6.34. The first-order chi connectivity index (χ1) is 15.2. The normalized spacial score (nSPS) is 11.2. The summed E-state index contributed by atoms with van der Waals surface area (Å²) in [6, 6.07) is 15.1. The largest absolute Gasteiger partial charge is 0.436 e. The van der Waals surface area contributed by atoms with Gasteiger partial charge in [0.1, 0.15) is 5.52 Å². The van der Waals surface area contributed by atoms with Gasteiger partial charge in [0.15, 0.2) is 5.58 Å². The zero-order chi connectivity index (χ0) is 23.0. The maximum absolute atomic E-state index is 12.8. The molecule has 32 heavy (non-hydrogen) atoms. The van der Waals surface area contributed by atoms with Crippen LogP contribution in [0.2, 0.25) is 5.02 Å². The minimum absolute atomic E-state index is 0.0220. The van der Waals surface area contributed by atoms with Crippen LogP contribution in [0, 0.1) is 17.0 Å². The quantitative estimate of drug-likeness (QED) is 0.268. The van der Waals surface area contributed by atoms with Gasteiger partial charge in [-0.15, -0.1) is 0 Å². The highest BCUT2D eigenvalue weighted by atomic mass is 35.5. The van der Waals surface area contributed by atoms with Crippen molar-refractivity contribution in [3.8, 4) is 11.5 Å². The molecule has 0 fully saturated rings. The lowest BCUT2D eigenvalue weighted by Gasteiger charge is -2.10. The zero-order valence-electron chi connectivity index (χ0n) is 17.7. The number of nitrogens with one attached hydrogen (secondary N) is 1. The van der Waals surface area contributed by atoms with Crippen molar-refractivity contribution in [2.45, 2.75) is 26.7 Å². The molecule has 3 aromatic carbocycles. The van der Waals surface area contributed by atoms with E-state index in [9.17, 15) is 14.9 Å². The topological polar surface area (TPSA) is 98.3 Å². The Labute approximate surface area is 189 Å². The summed E-state index contributed by atoms with van der Waals surface area (Å²) in [5.41, 5.74) is 4.45. The number of halogens is 1. The number of non-ortho nitro benzene ring substituents is 1. The summed E-state index contributed by atoms with van der Waals surface area (Å²) in [7, 11) is 0. The van der Waals surface area contributed by atoms with Gasteiger partial charge in [-0.2, -0.15) is 0 Å². The second-order valence-electron chi connectivity index (χ2n) is 7.81. The zero-order valence-corrected chi connectivity index (χ0v) is 18.4. The molecule has 8 heteroatoms. The fourth-order valence-electron chi connectivity index (χ4n) is 3.31. The number of oxazole rings is 1. The minimum atomic E-state index is -0.572. The summed E-state index contributed by atoms with van der Waals surface area (Å²) in [6.45, 7) is 6.07. The lowest BCUT2D eigenvalue weighted by atomic mass is 10.0. The number of carbonyl (C=O) groups excluding carboxylic acids is 1. The smallest absolute Gasteiger partial charge is 0.270 e. The number of anilines is 1. The van der Waals surface area contributed by atoms with Crippen molar-refractivity contribution in [2.24, 2.45) is 0 Å². The van der Waals surface area contributed by atoms with Crippen molar-refractivity contribution < 1.29 is 14.1 Å². The molecule has 0 atom stereocenters. The van der Waals surface area contributed by atoms with Crippen LogP contribution in [-0.4, -0.2) is 15.8 Å². The highest BCUT2D eigenvalue weighted by Gasteiger charge is 2.18.